The van der Waals surface area contributed by atoms with Crippen LogP contribution in [-0.2, 0) is 16.0 Å². The van der Waals surface area contributed by atoms with Gasteiger partial charge < -0.3 is 15.4 Å². The molecular weight excluding hydrogens is 264 g/mol. The maximum absolute atomic E-state index is 12.3. The van der Waals surface area contributed by atoms with Gasteiger partial charge in [-0.2, -0.15) is 0 Å². The number of nitrogens with one attached hydrogen (secondary N) is 2. The number of benzene rings is 1. The number of carbonyl (C=O) groups is 1. The van der Waals surface area contributed by atoms with Crippen molar-refractivity contribution in [1.82, 2.24) is 5.32 Å². The van der Waals surface area contributed by atoms with Crippen molar-refractivity contribution in [2.75, 3.05) is 25.6 Å². The van der Waals surface area contributed by atoms with Crippen LogP contribution in [0.5, 0.6) is 0 Å². The van der Waals surface area contributed by atoms with E-state index in [2.05, 4.69) is 17.6 Å². The Hall–Kier alpha value is -1.39. The lowest BCUT2D eigenvalue weighted by Crippen LogP contribution is -2.42. The van der Waals surface area contributed by atoms with Crippen molar-refractivity contribution >= 4 is 11.6 Å². The number of anilines is 1. The fourth-order valence-corrected chi connectivity index (χ4v) is 2.86. The summed E-state index contributed by atoms with van der Waals surface area (Å²) in [6, 6.07) is 8.24. The van der Waals surface area contributed by atoms with E-state index in [9.17, 15) is 4.79 Å². The lowest BCUT2D eigenvalue weighted by Gasteiger charge is -2.29. The average Bonchev–Trinajstić information content (AvgIpc) is 2.49. The molecule has 1 amide bonds. The van der Waals surface area contributed by atoms with Crippen LogP contribution < -0.4 is 10.6 Å². The van der Waals surface area contributed by atoms with E-state index < -0.39 is 0 Å². The molecule has 116 valence electrons. The summed E-state index contributed by atoms with van der Waals surface area (Å²) in [5, 5.41) is 6.51. The number of amides is 1. The minimum Gasteiger partial charge on any atom is -0.384 e. The Morgan fingerprint density at radius 3 is 3.00 bits per heavy atom. The Morgan fingerprint density at radius 2 is 2.24 bits per heavy atom. The van der Waals surface area contributed by atoms with Crippen molar-refractivity contribution in [3.63, 3.8) is 0 Å². The molecule has 1 aliphatic heterocycles. The van der Waals surface area contributed by atoms with Gasteiger partial charge in [0.1, 0.15) is 0 Å². The molecule has 1 fully saturated rings. The molecule has 0 aromatic heterocycles. The number of piperidine rings is 1. The highest BCUT2D eigenvalue weighted by Gasteiger charge is 2.23. The first-order valence-electron chi connectivity index (χ1n) is 7.80. The molecule has 1 saturated heterocycles. The van der Waals surface area contributed by atoms with Gasteiger partial charge in [-0.3, -0.25) is 4.79 Å². The molecule has 21 heavy (non-hydrogen) atoms. The van der Waals surface area contributed by atoms with E-state index in [1.807, 2.05) is 24.3 Å². The summed E-state index contributed by atoms with van der Waals surface area (Å²) < 4.78 is 5.12. The number of hydrogen-bond donors (Lipinski definition) is 2. The van der Waals surface area contributed by atoms with Crippen LogP contribution in [0.4, 0.5) is 5.69 Å². The van der Waals surface area contributed by atoms with Gasteiger partial charge >= 0.3 is 0 Å². The number of hydrogen-bond acceptors (Lipinski definition) is 3. The van der Waals surface area contributed by atoms with E-state index in [4.69, 9.17) is 4.74 Å². The van der Waals surface area contributed by atoms with Crippen LogP contribution in [0, 0.1) is 5.92 Å². The first-order chi connectivity index (χ1) is 10.2. The minimum atomic E-state index is 0.0890. The fraction of sp³-hybridized carbons (Fsp3) is 0.588. The highest BCUT2D eigenvalue weighted by atomic mass is 16.5. The second-order valence-electron chi connectivity index (χ2n) is 5.83. The Balaban J connectivity index is 1.92. The average molecular weight is 290 g/mol. The quantitative estimate of drug-likeness (QED) is 0.846. The van der Waals surface area contributed by atoms with Crippen LogP contribution in [0.15, 0.2) is 24.3 Å². The Kier molecular flexibility index (Phi) is 6.21. The summed E-state index contributed by atoms with van der Waals surface area (Å²) in [6.45, 7) is 3.90. The van der Waals surface area contributed by atoms with Crippen molar-refractivity contribution in [2.24, 2.45) is 5.92 Å². The Labute approximate surface area is 127 Å². The molecule has 4 nitrogen and oxygen atoms in total. The van der Waals surface area contributed by atoms with Crippen molar-refractivity contribution in [2.45, 2.75) is 38.6 Å². The lowest BCUT2D eigenvalue weighted by molar-refractivity contribution is -0.117. The molecule has 2 rings (SSSR count). The second kappa shape index (κ2) is 8.15. The molecule has 1 aromatic rings. The third-order valence-corrected chi connectivity index (χ3v) is 4.20. The number of para-hydroxylation sites is 1. The summed E-state index contributed by atoms with van der Waals surface area (Å²) in [7, 11) is 1.69. The molecule has 4 heteroatoms. The van der Waals surface area contributed by atoms with Crippen molar-refractivity contribution in [3.8, 4) is 0 Å². The molecule has 2 N–H and O–H groups in total. The van der Waals surface area contributed by atoms with E-state index in [-0.39, 0.29) is 5.91 Å². The van der Waals surface area contributed by atoms with Gasteiger partial charge in [-0.1, -0.05) is 25.1 Å². The van der Waals surface area contributed by atoms with E-state index in [1.165, 1.54) is 12.8 Å². The third-order valence-electron chi connectivity index (χ3n) is 4.20. The summed E-state index contributed by atoms with van der Waals surface area (Å²) in [4.78, 5) is 12.3. The molecule has 1 aliphatic rings. The highest BCUT2D eigenvalue weighted by molar-refractivity contribution is 5.91. The standard InChI is InChI=1S/C17H26N2O2/c1-13-6-5-10-18-16(13)12-17(20)19-15-8-4-3-7-14(15)9-11-21-2/h3-4,7-8,13,16,18H,5-6,9-12H2,1-2H3,(H,19,20). The third kappa shape index (κ3) is 4.83. The Bertz CT molecular complexity index is 462. The van der Waals surface area contributed by atoms with Crippen LogP contribution in [0.1, 0.15) is 31.7 Å². The van der Waals surface area contributed by atoms with Crippen molar-refractivity contribution < 1.29 is 9.53 Å². The molecular formula is C17H26N2O2. The zero-order valence-corrected chi connectivity index (χ0v) is 13.0. The van der Waals surface area contributed by atoms with Gasteiger partial charge in [0, 0.05) is 25.3 Å². The first-order valence-corrected chi connectivity index (χ1v) is 7.80. The Morgan fingerprint density at radius 1 is 1.43 bits per heavy atom. The van der Waals surface area contributed by atoms with Gasteiger partial charge in [0.2, 0.25) is 5.91 Å². The van der Waals surface area contributed by atoms with Gasteiger partial charge in [0.25, 0.3) is 0 Å². The number of carbonyl (C=O) groups excluding carboxylic acids is 1. The lowest BCUT2D eigenvalue weighted by atomic mass is 9.90. The fourth-order valence-electron chi connectivity index (χ4n) is 2.86. The summed E-state index contributed by atoms with van der Waals surface area (Å²) in [5.41, 5.74) is 2.03. The van der Waals surface area contributed by atoms with E-state index >= 15 is 0 Å². The van der Waals surface area contributed by atoms with Gasteiger partial charge in [-0.05, 0) is 43.4 Å². The van der Waals surface area contributed by atoms with Gasteiger partial charge in [0.15, 0.2) is 0 Å². The zero-order chi connectivity index (χ0) is 15.1. The van der Waals surface area contributed by atoms with Crippen LogP contribution >= 0.6 is 0 Å². The predicted molar refractivity (Wildman–Crippen MR) is 85.5 cm³/mol. The normalized spacial score (nSPS) is 22.0. The summed E-state index contributed by atoms with van der Waals surface area (Å²) in [5.74, 6) is 0.652. The predicted octanol–water partition coefficient (Wildman–Crippen LogP) is 2.59. The molecule has 0 aliphatic carbocycles. The number of rotatable bonds is 6. The number of ether oxygens (including phenoxy) is 1. The molecule has 0 bridgehead atoms. The largest absolute Gasteiger partial charge is 0.384 e. The molecule has 2 atom stereocenters. The molecule has 1 heterocycles. The first kappa shape index (κ1) is 16.0. The van der Waals surface area contributed by atoms with Crippen LogP contribution in [-0.4, -0.2) is 32.2 Å². The maximum Gasteiger partial charge on any atom is 0.225 e. The van der Waals surface area contributed by atoms with Crippen LogP contribution in [0.2, 0.25) is 0 Å². The molecule has 2 unspecified atom stereocenters. The second-order valence-corrected chi connectivity index (χ2v) is 5.83. The van der Waals surface area contributed by atoms with E-state index in [1.54, 1.807) is 7.11 Å². The van der Waals surface area contributed by atoms with E-state index in [0.717, 1.165) is 24.2 Å². The monoisotopic (exact) mass is 290 g/mol. The van der Waals surface area contributed by atoms with Crippen LogP contribution in [0.3, 0.4) is 0 Å². The minimum absolute atomic E-state index is 0.0890. The molecule has 0 saturated carbocycles. The zero-order valence-electron chi connectivity index (χ0n) is 13.0. The summed E-state index contributed by atoms with van der Waals surface area (Å²) in [6.07, 6.45) is 3.76. The van der Waals surface area contributed by atoms with Crippen molar-refractivity contribution in [3.05, 3.63) is 29.8 Å². The topological polar surface area (TPSA) is 50.4 Å². The maximum atomic E-state index is 12.3. The number of methoxy groups -OCH3 is 1. The van der Waals surface area contributed by atoms with Gasteiger partial charge in [-0.15, -0.1) is 0 Å². The smallest absolute Gasteiger partial charge is 0.225 e. The van der Waals surface area contributed by atoms with Gasteiger partial charge in [0.05, 0.1) is 6.61 Å². The van der Waals surface area contributed by atoms with Gasteiger partial charge in [-0.25, -0.2) is 0 Å². The highest BCUT2D eigenvalue weighted by Crippen LogP contribution is 2.20. The molecule has 0 spiro atoms. The summed E-state index contributed by atoms with van der Waals surface area (Å²) >= 11 is 0. The molecule has 1 aromatic carbocycles. The van der Waals surface area contributed by atoms with E-state index in [0.29, 0.717) is 25.0 Å². The SMILES string of the molecule is COCCc1ccccc1NC(=O)CC1NCCCC1C. The molecule has 0 radical (unpaired) electrons. The van der Waals surface area contributed by atoms with Crippen LogP contribution in [0.25, 0.3) is 0 Å². The van der Waals surface area contributed by atoms with Crippen molar-refractivity contribution in [1.29, 1.82) is 0 Å².